The maximum absolute atomic E-state index is 3.57. The first-order valence-corrected chi connectivity index (χ1v) is 8.05. The summed E-state index contributed by atoms with van der Waals surface area (Å²) >= 11 is 3.65. The normalized spacial score (nSPS) is 14.9. The number of hydrogen-bond donors (Lipinski definition) is 1. The van der Waals surface area contributed by atoms with Crippen LogP contribution in [-0.2, 0) is 6.54 Å². The van der Waals surface area contributed by atoms with E-state index in [-0.39, 0.29) is 0 Å². The maximum atomic E-state index is 3.57. The molecule has 1 aromatic carbocycles. The number of aryl methyl sites for hydroxylation is 1. The molecule has 0 aliphatic heterocycles. The molecular formula is C15H17NS2. The van der Waals surface area contributed by atoms with Gasteiger partial charge in [-0.15, -0.1) is 11.3 Å². The van der Waals surface area contributed by atoms with E-state index in [4.69, 9.17) is 0 Å². The summed E-state index contributed by atoms with van der Waals surface area (Å²) in [7, 11) is 0. The van der Waals surface area contributed by atoms with Gasteiger partial charge in [0.2, 0.25) is 0 Å². The van der Waals surface area contributed by atoms with Gasteiger partial charge >= 0.3 is 0 Å². The molecule has 1 aliphatic carbocycles. The van der Waals surface area contributed by atoms with E-state index in [2.05, 4.69) is 48.0 Å². The minimum absolute atomic E-state index is 0.782. The molecule has 1 N–H and O–H groups in total. The van der Waals surface area contributed by atoms with Gasteiger partial charge < -0.3 is 5.32 Å². The molecule has 3 rings (SSSR count). The van der Waals surface area contributed by atoms with E-state index in [0.717, 1.165) is 12.6 Å². The SMILES string of the molecule is Cc1cc(Sc2cccs2)ccc1CNC1CC1. The molecule has 0 saturated heterocycles. The third-order valence-electron chi connectivity index (χ3n) is 3.19. The highest BCUT2D eigenvalue weighted by atomic mass is 32.2. The van der Waals surface area contributed by atoms with Crippen molar-refractivity contribution in [2.75, 3.05) is 0 Å². The fourth-order valence-electron chi connectivity index (χ4n) is 1.91. The second kappa shape index (κ2) is 5.47. The van der Waals surface area contributed by atoms with Crippen molar-refractivity contribution in [3.8, 4) is 0 Å². The molecule has 0 radical (unpaired) electrons. The summed E-state index contributed by atoms with van der Waals surface area (Å²) in [6.07, 6.45) is 2.71. The van der Waals surface area contributed by atoms with E-state index in [9.17, 15) is 0 Å². The van der Waals surface area contributed by atoms with Crippen molar-refractivity contribution in [1.29, 1.82) is 0 Å². The van der Waals surface area contributed by atoms with Crippen LogP contribution >= 0.6 is 23.1 Å². The minimum atomic E-state index is 0.782. The number of rotatable bonds is 5. The molecule has 0 spiro atoms. The number of nitrogens with one attached hydrogen (secondary N) is 1. The van der Waals surface area contributed by atoms with Crippen molar-refractivity contribution in [1.82, 2.24) is 5.32 Å². The first kappa shape index (κ1) is 12.3. The lowest BCUT2D eigenvalue weighted by atomic mass is 10.1. The summed E-state index contributed by atoms with van der Waals surface area (Å²) in [5, 5.41) is 5.70. The van der Waals surface area contributed by atoms with Crippen LogP contribution in [0.1, 0.15) is 24.0 Å². The summed E-state index contributed by atoms with van der Waals surface area (Å²) in [5.41, 5.74) is 2.82. The van der Waals surface area contributed by atoms with Crippen LogP contribution in [0.4, 0.5) is 0 Å². The Morgan fingerprint density at radius 2 is 2.22 bits per heavy atom. The fourth-order valence-corrected chi connectivity index (χ4v) is 3.76. The van der Waals surface area contributed by atoms with E-state index in [1.165, 1.54) is 33.1 Å². The van der Waals surface area contributed by atoms with Crippen LogP contribution in [0.15, 0.2) is 44.8 Å². The summed E-state index contributed by atoms with van der Waals surface area (Å²) < 4.78 is 1.36. The Balaban J connectivity index is 1.67. The van der Waals surface area contributed by atoms with Crippen LogP contribution in [0.5, 0.6) is 0 Å². The minimum Gasteiger partial charge on any atom is -0.310 e. The lowest BCUT2D eigenvalue weighted by molar-refractivity contribution is 0.685. The summed E-state index contributed by atoms with van der Waals surface area (Å²) in [5.74, 6) is 0. The smallest absolute Gasteiger partial charge is 0.0646 e. The molecule has 2 aromatic rings. The molecule has 1 fully saturated rings. The van der Waals surface area contributed by atoms with Gasteiger partial charge in [0.15, 0.2) is 0 Å². The summed E-state index contributed by atoms with van der Waals surface area (Å²) in [6.45, 7) is 3.23. The molecule has 0 atom stereocenters. The van der Waals surface area contributed by atoms with E-state index >= 15 is 0 Å². The van der Waals surface area contributed by atoms with Gasteiger partial charge in [0.1, 0.15) is 0 Å². The Morgan fingerprint density at radius 1 is 1.33 bits per heavy atom. The number of hydrogen-bond acceptors (Lipinski definition) is 3. The van der Waals surface area contributed by atoms with Crippen molar-refractivity contribution >= 4 is 23.1 Å². The molecular weight excluding hydrogens is 258 g/mol. The second-order valence-corrected chi connectivity index (χ2v) is 7.10. The zero-order valence-corrected chi connectivity index (χ0v) is 12.1. The monoisotopic (exact) mass is 275 g/mol. The molecule has 0 bridgehead atoms. The molecule has 1 heterocycles. The largest absolute Gasteiger partial charge is 0.310 e. The topological polar surface area (TPSA) is 12.0 Å². The van der Waals surface area contributed by atoms with E-state index in [1.54, 1.807) is 11.3 Å². The third kappa shape index (κ3) is 3.16. The van der Waals surface area contributed by atoms with Crippen LogP contribution in [0.2, 0.25) is 0 Å². The Morgan fingerprint density at radius 3 is 2.89 bits per heavy atom. The van der Waals surface area contributed by atoms with Gasteiger partial charge in [0.25, 0.3) is 0 Å². The molecule has 1 saturated carbocycles. The molecule has 0 unspecified atom stereocenters. The van der Waals surface area contributed by atoms with Crippen LogP contribution < -0.4 is 5.32 Å². The molecule has 1 aliphatic rings. The first-order valence-electron chi connectivity index (χ1n) is 6.35. The van der Waals surface area contributed by atoms with Crippen molar-refractivity contribution < 1.29 is 0 Å². The van der Waals surface area contributed by atoms with Gasteiger partial charge in [-0.2, -0.15) is 0 Å². The maximum Gasteiger partial charge on any atom is 0.0646 e. The van der Waals surface area contributed by atoms with Gasteiger partial charge in [0, 0.05) is 17.5 Å². The quantitative estimate of drug-likeness (QED) is 0.864. The molecule has 18 heavy (non-hydrogen) atoms. The standard InChI is InChI=1S/C15H17NS2/c1-11-9-14(18-15-3-2-8-17-15)7-4-12(11)10-16-13-5-6-13/h2-4,7-9,13,16H,5-6,10H2,1H3. The highest BCUT2D eigenvalue weighted by molar-refractivity contribution is 8.01. The molecule has 1 aromatic heterocycles. The number of benzene rings is 1. The molecule has 0 amide bonds. The van der Waals surface area contributed by atoms with Crippen LogP contribution in [-0.4, -0.2) is 6.04 Å². The van der Waals surface area contributed by atoms with Gasteiger partial charge in [-0.25, -0.2) is 0 Å². The second-order valence-electron chi connectivity index (χ2n) is 4.78. The van der Waals surface area contributed by atoms with E-state index in [1.807, 2.05) is 11.8 Å². The van der Waals surface area contributed by atoms with Gasteiger partial charge in [-0.05, 0) is 54.5 Å². The van der Waals surface area contributed by atoms with Crippen molar-refractivity contribution in [3.63, 3.8) is 0 Å². The summed E-state index contributed by atoms with van der Waals surface area (Å²) in [4.78, 5) is 1.34. The van der Waals surface area contributed by atoms with Gasteiger partial charge in [-0.3, -0.25) is 0 Å². The highest BCUT2D eigenvalue weighted by Crippen LogP contribution is 2.32. The highest BCUT2D eigenvalue weighted by Gasteiger charge is 2.20. The van der Waals surface area contributed by atoms with Crippen molar-refractivity contribution in [3.05, 3.63) is 46.8 Å². The van der Waals surface area contributed by atoms with Crippen LogP contribution in [0, 0.1) is 6.92 Å². The van der Waals surface area contributed by atoms with Crippen molar-refractivity contribution in [2.45, 2.75) is 41.5 Å². The van der Waals surface area contributed by atoms with Crippen molar-refractivity contribution in [2.24, 2.45) is 0 Å². The van der Waals surface area contributed by atoms with Gasteiger partial charge in [0.05, 0.1) is 4.21 Å². The average Bonchev–Trinajstić information content (AvgIpc) is 3.05. The predicted octanol–water partition coefficient (Wildman–Crippen LogP) is 4.46. The van der Waals surface area contributed by atoms with Crippen LogP contribution in [0.25, 0.3) is 0 Å². The fraction of sp³-hybridized carbons (Fsp3) is 0.333. The van der Waals surface area contributed by atoms with E-state index in [0.29, 0.717) is 0 Å². The molecule has 1 nitrogen and oxygen atoms in total. The Kier molecular flexibility index (Phi) is 3.73. The third-order valence-corrected chi connectivity index (χ3v) is 5.21. The Labute approximate surface area is 117 Å². The molecule has 3 heteroatoms. The first-order chi connectivity index (χ1) is 8.81. The Bertz CT molecular complexity index is 515. The average molecular weight is 275 g/mol. The lowest BCUT2D eigenvalue weighted by Crippen LogP contribution is -2.15. The Hall–Kier alpha value is -0.770. The van der Waals surface area contributed by atoms with Gasteiger partial charge in [-0.1, -0.05) is 23.9 Å². The predicted molar refractivity (Wildman–Crippen MR) is 79.5 cm³/mol. The lowest BCUT2D eigenvalue weighted by Gasteiger charge is -2.08. The van der Waals surface area contributed by atoms with E-state index < -0.39 is 0 Å². The molecule has 94 valence electrons. The number of thiophene rings is 1. The zero-order valence-electron chi connectivity index (χ0n) is 10.5. The zero-order chi connectivity index (χ0) is 12.4. The van der Waals surface area contributed by atoms with Crippen LogP contribution in [0.3, 0.4) is 0 Å². The summed E-state index contributed by atoms with van der Waals surface area (Å²) in [6, 6.07) is 11.9.